The molecule has 0 bridgehead atoms. The van der Waals surface area contributed by atoms with Gasteiger partial charge in [-0.3, -0.25) is 0 Å². The van der Waals surface area contributed by atoms with Crippen molar-refractivity contribution in [2.24, 2.45) is 7.05 Å². The quantitative estimate of drug-likeness (QED) is 0.809. The lowest BCUT2D eigenvalue weighted by Gasteiger charge is -2.29. The van der Waals surface area contributed by atoms with Crippen LogP contribution >= 0.6 is 0 Å². The first-order chi connectivity index (χ1) is 10.2. The molecule has 1 fully saturated rings. The van der Waals surface area contributed by atoms with Crippen molar-refractivity contribution in [1.82, 2.24) is 15.0 Å². The molecule has 6 heteroatoms. The van der Waals surface area contributed by atoms with Crippen LogP contribution in [0.15, 0.2) is 18.2 Å². The summed E-state index contributed by atoms with van der Waals surface area (Å²) in [6, 6.07) is 5.28. The van der Waals surface area contributed by atoms with Crippen LogP contribution in [0.5, 0.6) is 0 Å². The highest BCUT2D eigenvalue weighted by molar-refractivity contribution is 5.93. The number of nitrogens with zero attached hydrogens (tertiary/aromatic N) is 3. The molecule has 0 amide bonds. The van der Waals surface area contributed by atoms with Crippen LogP contribution in [0, 0.1) is 0 Å². The molecule has 0 radical (unpaired) electrons. The minimum absolute atomic E-state index is 0.00445. The average Bonchev–Trinajstić information content (AvgIpc) is 2.88. The van der Waals surface area contributed by atoms with Crippen LogP contribution in [0.1, 0.15) is 36.0 Å². The second kappa shape index (κ2) is 5.81. The van der Waals surface area contributed by atoms with E-state index >= 15 is 0 Å². The molecule has 2 unspecified atom stereocenters. The molecule has 6 nitrogen and oxygen atoms in total. The lowest BCUT2D eigenvalue weighted by atomic mass is 9.94. The van der Waals surface area contributed by atoms with E-state index in [1.54, 1.807) is 37.0 Å². The molecular weight excluding hydrogens is 270 g/mol. The number of hydrogen-bond acceptors (Lipinski definition) is 5. The fraction of sp³-hybridized carbons (Fsp3) is 0.533. The molecule has 0 N–H and O–H groups in total. The fourth-order valence-electron chi connectivity index (χ4n) is 2.83. The molecule has 0 spiro atoms. The Hall–Kier alpha value is -1.95. The number of carbonyl (C=O) groups is 1. The van der Waals surface area contributed by atoms with E-state index < -0.39 is 0 Å². The molecule has 1 aromatic carbocycles. The molecule has 1 aliphatic carbocycles. The largest absolute Gasteiger partial charge is 0.456 e. The number of benzene rings is 1. The highest BCUT2D eigenvalue weighted by atomic mass is 16.6. The third kappa shape index (κ3) is 2.76. The standard InChI is InChI=1S/C15H19N3O3/c1-18-12-9-10(7-8-11(12)16-17-18)15(19)21-14-6-4-3-5-13(14)20-2/h7-9,13-14H,3-6H2,1-2H3. The Morgan fingerprint density at radius 1 is 1.29 bits per heavy atom. The van der Waals surface area contributed by atoms with E-state index in [0.717, 1.165) is 36.7 Å². The second-order valence-electron chi connectivity index (χ2n) is 5.42. The maximum atomic E-state index is 12.3. The number of rotatable bonds is 3. The van der Waals surface area contributed by atoms with Gasteiger partial charge in [0.25, 0.3) is 0 Å². The predicted molar refractivity (Wildman–Crippen MR) is 77.0 cm³/mol. The Morgan fingerprint density at radius 3 is 2.81 bits per heavy atom. The summed E-state index contributed by atoms with van der Waals surface area (Å²) in [5.74, 6) is -0.313. The first kappa shape index (κ1) is 14.0. The number of esters is 1. The molecule has 0 aliphatic heterocycles. The monoisotopic (exact) mass is 289 g/mol. The van der Waals surface area contributed by atoms with Crippen LogP contribution in [-0.4, -0.2) is 40.3 Å². The molecule has 2 atom stereocenters. The third-order valence-electron chi connectivity index (χ3n) is 4.05. The molecule has 112 valence electrons. The molecule has 1 aromatic heterocycles. The second-order valence-corrected chi connectivity index (χ2v) is 5.42. The van der Waals surface area contributed by atoms with Crippen LogP contribution in [0.3, 0.4) is 0 Å². The normalized spacial score (nSPS) is 22.4. The average molecular weight is 289 g/mol. The van der Waals surface area contributed by atoms with Crippen molar-refractivity contribution in [1.29, 1.82) is 0 Å². The van der Waals surface area contributed by atoms with Crippen LogP contribution in [0.4, 0.5) is 0 Å². The fourth-order valence-corrected chi connectivity index (χ4v) is 2.83. The van der Waals surface area contributed by atoms with Crippen molar-refractivity contribution in [3.63, 3.8) is 0 Å². The predicted octanol–water partition coefficient (Wildman–Crippen LogP) is 2.08. The van der Waals surface area contributed by atoms with Crippen molar-refractivity contribution in [2.45, 2.75) is 37.9 Å². The summed E-state index contributed by atoms with van der Waals surface area (Å²) in [5, 5.41) is 7.93. The number of hydrogen-bond donors (Lipinski definition) is 0. The van der Waals surface area contributed by atoms with Crippen LogP contribution in [0.2, 0.25) is 0 Å². The van der Waals surface area contributed by atoms with Crippen LogP contribution in [0.25, 0.3) is 11.0 Å². The minimum Gasteiger partial charge on any atom is -0.456 e. The van der Waals surface area contributed by atoms with Gasteiger partial charge < -0.3 is 9.47 Å². The van der Waals surface area contributed by atoms with Gasteiger partial charge in [-0.05, 0) is 37.5 Å². The first-order valence-corrected chi connectivity index (χ1v) is 7.22. The van der Waals surface area contributed by atoms with E-state index in [1.165, 1.54) is 0 Å². The number of methoxy groups -OCH3 is 1. The lowest BCUT2D eigenvalue weighted by molar-refractivity contribution is -0.0539. The van der Waals surface area contributed by atoms with Crippen molar-refractivity contribution >= 4 is 17.0 Å². The van der Waals surface area contributed by atoms with E-state index in [-0.39, 0.29) is 18.2 Å². The van der Waals surface area contributed by atoms with Crippen LogP contribution in [-0.2, 0) is 16.5 Å². The maximum Gasteiger partial charge on any atom is 0.338 e. The zero-order chi connectivity index (χ0) is 14.8. The Balaban J connectivity index is 1.78. The van der Waals surface area contributed by atoms with Gasteiger partial charge in [-0.2, -0.15) is 0 Å². The molecule has 2 aromatic rings. The molecule has 21 heavy (non-hydrogen) atoms. The van der Waals surface area contributed by atoms with Gasteiger partial charge in [-0.15, -0.1) is 5.10 Å². The Morgan fingerprint density at radius 2 is 2.05 bits per heavy atom. The van der Waals surface area contributed by atoms with E-state index in [4.69, 9.17) is 9.47 Å². The molecule has 3 rings (SSSR count). The number of carbonyl (C=O) groups excluding carboxylic acids is 1. The maximum absolute atomic E-state index is 12.3. The van der Waals surface area contributed by atoms with Gasteiger partial charge in [0.05, 0.1) is 17.2 Å². The van der Waals surface area contributed by atoms with E-state index in [0.29, 0.717) is 5.56 Å². The summed E-state index contributed by atoms with van der Waals surface area (Å²) < 4.78 is 12.7. The van der Waals surface area contributed by atoms with E-state index in [2.05, 4.69) is 10.3 Å². The zero-order valence-corrected chi connectivity index (χ0v) is 12.3. The highest BCUT2D eigenvalue weighted by Gasteiger charge is 2.28. The molecule has 1 aliphatic rings. The van der Waals surface area contributed by atoms with Crippen molar-refractivity contribution < 1.29 is 14.3 Å². The lowest BCUT2D eigenvalue weighted by Crippen LogP contribution is -2.35. The zero-order valence-electron chi connectivity index (χ0n) is 12.3. The van der Waals surface area contributed by atoms with Crippen molar-refractivity contribution in [3.05, 3.63) is 23.8 Å². The molecule has 1 saturated carbocycles. The highest BCUT2D eigenvalue weighted by Crippen LogP contribution is 2.24. The third-order valence-corrected chi connectivity index (χ3v) is 4.05. The van der Waals surface area contributed by atoms with Gasteiger partial charge in [-0.1, -0.05) is 11.6 Å². The summed E-state index contributed by atoms with van der Waals surface area (Å²) in [6.45, 7) is 0. The van der Waals surface area contributed by atoms with Gasteiger partial charge in [0.15, 0.2) is 0 Å². The smallest absolute Gasteiger partial charge is 0.338 e. The SMILES string of the molecule is COC1CCCCC1OC(=O)c1ccc2nnn(C)c2c1. The molecular formula is C15H19N3O3. The van der Waals surface area contributed by atoms with Gasteiger partial charge >= 0.3 is 5.97 Å². The minimum atomic E-state index is -0.313. The summed E-state index contributed by atoms with van der Waals surface area (Å²) in [5.41, 5.74) is 2.10. The topological polar surface area (TPSA) is 66.2 Å². The van der Waals surface area contributed by atoms with Gasteiger partial charge in [-0.25, -0.2) is 9.48 Å². The number of fused-ring (bicyclic) bond motifs is 1. The number of aromatic nitrogens is 3. The van der Waals surface area contributed by atoms with Crippen molar-refractivity contribution in [2.75, 3.05) is 7.11 Å². The van der Waals surface area contributed by atoms with Gasteiger partial charge in [0.1, 0.15) is 11.6 Å². The Labute approximate surface area is 123 Å². The summed E-state index contributed by atoms with van der Waals surface area (Å²) in [6.07, 6.45) is 3.85. The van der Waals surface area contributed by atoms with E-state index in [1.807, 2.05) is 0 Å². The summed E-state index contributed by atoms with van der Waals surface area (Å²) in [7, 11) is 3.47. The summed E-state index contributed by atoms with van der Waals surface area (Å²) in [4.78, 5) is 12.3. The van der Waals surface area contributed by atoms with E-state index in [9.17, 15) is 4.79 Å². The number of ether oxygens (including phenoxy) is 2. The molecule has 0 saturated heterocycles. The van der Waals surface area contributed by atoms with Gasteiger partial charge in [0, 0.05) is 14.2 Å². The van der Waals surface area contributed by atoms with Crippen molar-refractivity contribution in [3.8, 4) is 0 Å². The number of aryl methyl sites for hydroxylation is 1. The Kier molecular flexibility index (Phi) is 3.88. The Bertz CT molecular complexity index is 653. The van der Waals surface area contributed by atoms with Gasteiger partial charge in [0.2, 0.25) is 0 Å². The molecule has 1 heterocycles. The first-order valence-electron chi connectivity index (χ1n) is 7.22. The summed E-state index contributed by atoms with van der Waals surface area (Å²) >= 11 is 0. The van der Waals surface area contributed by atoms with Crippen LogP contribution < -0.4 is 0 Å².